The molecule has 1 aromatic rings. The second-order valence-corrected chi connectivity index (χ2v) is 3.64. The Labute approximate surface area is 88.0 Å². The molecule has 1 rings (SSSR count). The molecule has 0 heterocycles. The smallest absolute Gasteiger partial charge is 0.150 e. The number of benzene rings is 1. The van der Waals surface area contributed by atoms with E-state index in [9.17, 15) is 4.79 Å². The first kappa shape index (κ1) is 11.2. The van der Waals surface area contributed by atoms with Crippen molar-refractivity contribution >= 4 is 18.2 Å². The third kappa shape index (κ3) is 3.91. The first-order valence-electron chi connectivity index (χ1n) is 4.30. The fourth-order valence-electron chi connectivity index (χ4n) is 0.929. The minimum atomic E-state index is 0.681. The molecule has 14 heavy (non-hydrogen) atoms. The molecule has 3 nitrogen and oxygen atoms in total. The zero-order chi connectivity index (χ0) is 10.2. The highest BCUT2D eigenvalue weighted by atomic mass is 32.2. The quantitative estimate of drug-likeness (QED) is 0.442. The molecule has 0 aliphatic rings. The average molecular weight is 211 g/mol. The van der Waals surface area contributed by atoms with Crippen molar-refractivity contribution in [3.05, 3.63) is 29.8 Å². The third-order valence-corrected chi connectivity index (χ3v) is 2.43. The zero-order valence-corrected chi connectivity index (χ0v) is 8.84. The number of hydrogen-bond donors (Lipinski definition) is 1. The van der Waals surface area contributed by atoms with Gasteiger partial charge < -0.3 is 4.74 Å². The van der Waals surface area contributed by atoms with Crippen molar-refractivity contribution in [1.29, 1.82) is 0 Å². The van der Waals surface area contributed by atoms with Crippen molar-refractivity contribution in [3.63, 3.8) is 0 Å². The summed E-state index contributed by atoms with van der Waals surface area (Å²) in [6.07, 6.45) is 0.846. The molecule has 76 valence electrons. The maximum Gasteiger partial charge on any atom is 0.150 e. The second kappa shape index (κ2) is 6.59. The van der Waals surface area contributed by atoms with Gasteiger partial charge in [0.1, 0.15) is 6.29 Å². The van der Waals surface area contributed by atoms with E-state index >= 15 is 0 Å². The maximum atomic E-state index is 10.5. The molecule has 0 aliphatic carbocycles. The Kier molecular flexibility index (Phi) is 5.29. The number of nitrogens with one attached hydrogen (secondary N) is 1. The van der Waals surface area contributed by atoms with E-state index in [0.29, 0.717) is 12.2 Å². The monoisotopic (exact) mass is 211 g/mol. The molecule has 4 heteroatoms. The molecule has 0 amide bonds. The first-order valence-corrected chi connectivity index (χ1v) is 5.12. The van der Waals surface area contributed by atoms with Crippen LogP contribution in [-0.2, 0) is 4.74 Å². The van der Waals surface area contributed by atoms with Crippen LogP contribution in [0.2, 0.25) is 0 Å². The van der Waals surface area contributed by atoms with E-state index in [1.807, 2.05) is 18.2 Å². The molecule has 0 aliphatic heterocycles. The van der Waals surface area contributed by atoms with Gasteiger partial charge in [-0.3, -0.25) is 9.52 Å². The van der Waals surface area contributed by atoms with E-state index in [-0.39, 0.29) is 0 Å². The van der Waals surface area contributed by atoms with Crippen LogP contribution in [0.5, 0.6) is 0 Å². The van der Waals surface area contributed by atoms with Gasteiger partial charge in [0, 0.05) is 24.1 Å². The number of rotatable bonds is 6. The lowest BCUT2D eigenvalue weighted by atomic mass is 10.2. The lowest BCUT2D eigenvalue weighted by molar-refractivity contribution is 0.112. The second-order valence-electron chi connectivity index (χ2n) is 2.68. The maximum absolute atomic E-state index is 10.5. The van der Waals surface area contributed by atoms with Crippen LogP contribution in [0.25, 0.3) is 0 Å². The van der Waals surface area contributed by atoms with Gasteiger partial charge in [-0.25, -0.2) is 0 Å². The van der Waals surface area contributed by atoms with Crippen LogP contribution >= 0.6 is 11.9 Å². The van der Waals surface area contributed by atoms with Crippen LogP contribution in [-0.4, -0.2) is 26.5 Å². The van der Waals surface area contributed by atoms with E-state index in [4.69, 9.17) is 4.74 Å². The number of carbonyl (C=O) groups excluding carboxylic acids is 1. The summed E-state index contributed by atoms with van der Waals surface area (Å²) in [5.74, 6) is 0. The first-order chi connectivity index (χ1) is 6.86. The van der Waals surface area contributed by atoms with Gasteiger partial charge in [-0.2, -0.15) is 0 Å². The Morgan fingerprint density at radius 3 is 3.14 bits per heavy atom. The van der Waals surface area contributed by atoms with E-state index in [0.717, 1.165) is 17.7 Å². The fraction of sp³-hybridized carbons (Fsp3) is 0.300. The minimum absolute atomic E-state index is 0.681. The lowest BCUT2D eigenvalue weighted by Gasteiger charge is -2.03. The molecule has 1 aromatic carbocycles. The van der Waals surface area contributed by atoms with Crippen molar-refractivity contribution in [2.75, 3.05) is 20.3 Å². The summed E-state index contributed by atoms with van der Waals surface area (Å²) in [6, 6.07) is 7.45. The van der Waals surface area contributed by atoms with Crippen LogP contribution in [0, 0.1) is 0 Å². The largest absolute Gasteiger partial charge is 0.383 e. The van der Waals surface area contributed by atoms with Crippen LogP contribution < -0.4 is 4.72 Å². The Morgan fingerprint density at radius 1 is 1.57 bits per heavy atom. The standard InChI is InChI=1S/C10H13NO2S/c1-13-6-5-11-14-10-4-2-3-9(7-10)8-12/h2-4,7-8,11H,5-6H2,1H3. The molecule has 0 unspecified atom stereocenters. The number of ether oxygens (including phenoxy) is 1. The van der Waals surface area contributed by atoms with Crippen molar-refractivity contribution < 1.29 is 9.53 Å². The Morgan fingerprint density at radius 2 is 2.43 bits per heavy atom. The van der Waals surface area contributed by atoms with E-state index in [1.54, 1.807) is 13.2 Å². The van der Waals surface area contributed by atoms with Gasteiger partial charge in [0.15, 0.2) is 0 Å². The molecule has 1 N–H and O–H groups in total. The molecule has 0 bridgehead atoms. The lowest BCUT2D eigenvalue weighted by Crippen LogP contribution is -2.10. The summed E-state index contributed by atoms with van der Waals surface area (Å²) < 4.78 is 8.02. The van der Waals surface area contributed by atoms with Gasteiger partial charge in [0.05, 0.1) is 6.61 Å². The van der Waals surface area contributed by atoms with E-state index in [2.05, 4.69) is 4.72 Å². The number of aldehydes is 1. The van der Waals surface area contributed by atoms with Crippen molar-refractivity contribution in [3.8, 4) is 0 Å². The Balaban J connectivity index is 2.38. The predicted molar refractivity (Wildman–Crippen MR) is 57.6 cm³/mol. The van der Waals surface area contributed by atoms with Crippen LogP contribution in [0.4, 0.5) is 0 Å². The summed E-state index contributed by atoms with van der Waals surface area (Å²) in [7, 11) is 1.67. The average Bonchev–Trinajstić information content (AvgIpc) is 2.25. The normalized spacial score (nSPS) is 10.1. The Hall–Kier alpha value is -0.840. The van der Waals surface area contributed by atoms with Crippen LogP contribution in [0.1, 0.15) is 10.4 Å². The zero-order valence-electron chi connectivity index (χ0n) is 8.03. The van der Waals surface area contributed by atoms with E-state index < -0.39 is 0 Å². The van der Waals surface area contributed by atoms with Gasteiger partial charge in [0.2, 0.25) is 0 Å². The topological polar surface area (TPSA) is 38.3 Å². The molecule has 0 fully saturated rings. The van der Waals surface area contributed by atoms with Gasteiger partial charge in [0.25, 0.3) is 0 Å². The van der Waals surface area contributed by atoms with Gasteiger partial charge in [-0.05, 0) is 24.1 Å². The molecular weight excluding hydrogens is 198 g/mol. The summed E-state index contributed by atoms with van der Waals surface area (Å²) in [6.45, 7) is 1.47. The summed E-state index contributed by atoms with van der Waals surface area (Å²) >= 11 is 1.50. The molecule has 0 saturated heterocycles. The SMILES string of the molecule is COCCNSc1cccc(C=O)c1. The van der Waals surface area contributed by atoms with Crippen molar-refractivity contribution in [2.24, 2.45) is 0 Å². The minimum Gasteiger partial charge on any atom is -0.383 e. The Bertz CT molecular complexity index is 291. The highest BCUT2D eigenvalue weighted by Crippen LogP contribution is 2.14. The number of methoxy groups -OCH3 is 1. The summed E-state index contributed by atoms with van der Waals surface area (Å²) in [5, 5.41) is 0. The predicted octanol–water partition coefficient (Wildman–Crippen LogP) is 1.74. The van der Waals surface area contributed by atoms with Gasteiger partial charge >= 0.3 is 0 Å². The molecular formula is C10H13NO2S. The molecule has 0 atom stereocenters. The summed E-state index contributed by atoms with van der Waals surface area (Å²) in [4.78, 5) is 11.5. The number of hydrogen-bond acceptors (Lipinski definition) is 4. The van der Waals surface area contributed by atoms with Crippen molar-refractivity contribution in [1.82, 2.24) is 4.72 Å². The third-order valence-electron chi connectivity index (χ3n) is 1.59. The van der Waals surface area contributed by atoms with Gasteiger partial charge in [-0.1, -0.05) is 12.1 Å². The molecule has 0 aromatic heterocycles. The summed E-state index contributed by atoms with van der Waals surface area (Å²) in [5.41, 5.74) is 0.698. The van der Waals surface area contributed by atoms with Crippen LogP contribution in [0.3, 0.4) is 0 Å². The molecule has 0 saturated carbocycles. The highest BCUT2D eigenvalue weighted by Gasteiger charge is 1.95. The highest BCUT2D eigenvalue weighted by molar-refractivity contribution is 7.97. The van der Waals surface area contributed by atoms with E-state index in [1.165, 1.54) is 11.9 Å². The van der Waals surface area contributed by atoms with Crippen molar-refractivity contribution in [2.45, 2.75) is 4.90 Å². The molecule has 0 radical (unpaired) electrons. The van der Waals surface area contributed by atoms with Gasteiger partial charge in [-0.15, -0.1) is 0 Å². The molecule has 0 spiro atoms. The number of carbonyl (C=O) groups is 1. The van der Waals surface area contributed by atoms with Crippen LogP contribution in [0.15, 0.2) is 29.2 Å². The fourth-order valence-corrected chi connectivity index (χ4v) is 1.62.